The maximum Gasteiger partial charge on any atom is 0.280 e. The first-order chi connectivity index (χ1) is 8.54. The molecule has 1 aromatic heterocycles. The van der Waals surface area contributed by atoms with Crippen molar-refractivity contribution in [1.29, 1.82) is 0 Å². The topological polar surface area (TPSA) is 85.5 Å². The number of nitrogens with two attached hydrogens (primary N) is 1. The van der Waals surface area contributed by atoms with E-state index in [1.807, 2.05) is 0 Å². The van der Waals surface area contributed by atoms with Crippen molar-refractivity contribution in [2.24, 2.45) is 5.73 Å². The molecule has 0 atom stereocenters. The van der Waals surface area contributed by atoms with Crippen molar-refractivity contribution in [2.45, 2.75) is 6.61 Å². The normalized spacial score (nSPS) is 13.9. The summed E-state index contributed by atoms with van der Waals surface area (Å²) in [6, 6.07) is 1.60. The number of ether oxygens (including phenoxy) is 1. The Hall–Kier alpha value is -1.86. The summed E-state index contributed by atoms with van der Waals surface area (Å²) in [5.41, 5.74) is 6.49. The minimum absolute atomic E-state index is 0.0665. The number of amides is 2. The van der Waals surface area contributed by atoms with Crippen LogP contribution in [0.1, 0.15) is 26.4 Å². The molecule has 1 aliphatic heterocycles. The third-order valence-corrected chi connectivity index (χ3v) is 2.62. The van der Waals surface area contributed by atoms with Gasteiger partial charge in [-0.05, 0) is 11.6 Å². The Morgan fingerprint density at radius 1 is 1.50 bits per heavy atom. The molecule has 7 heteroatoms. The number of fused-ring (bicyclic) bond motifs is 1. The second kappa shape index (κ2) is 4.79. The van der Waals surface area contributed by atoms with Gasteiger partial charge < -0.3 is 10.5 Å². The van der Waals surface area contributed by atoms with Crippen molar-refractivity contribution in [3.05, 3.63) is 29.1 Å². The Balaban J connectivity index is 2.36. The number of carbonyl (C=O) groups excluding carboxylic acids is 2. The lowest BCUT2D eigenvalue weighted by atomic mass is 10.1. The molecule has 2 rings (SSSR count). The zero-order valence-corrected chi connectivity index (χ0v) is 10.5. The number of methoxy groups -OCH3 is 1. The summed E-state index contributed by atoms with van der Waals surface area (Å²) in [5.74, 6) is -0.889. The van der Waals surface area contributed by atoms with Gasteiger partial charge in [-0.1, -0.05) is 12.2 Å². The van der Waals surface area contributed by atoms with Gasteiger partial charge in [-0.3, -0.25) is 14.5 Å². The van der Waals surface area contributed by atoms with E-state index in [4.69, 9.17) is 22.7 Å². The van der Waals surface area contributed by atoms with Crippen molar-refractivity contribution in [3.8, 4) is 0 Å². The molecule has 0 radical (unpaired) electrons. The first-order valence-electron chi connectivity index (χ1n) is 5.17. The first-order valence-corrected chi connectivity index (χ1v) is 5.57. The van der Waals surface area contributed by atoms with Gasteiger partial charge in [-0.2, -0.15) is 0 Å². The summed E-state index contributed by atoms with van der Waals surface area (Å²) < 4.78 is 4.95. The number of rotatable bonds is 4. The molecule has 0 aromatic carbocycles. The van der Waals surface area contributed by atoms with Crippen LogP contribution in [0.3, 0.4) is 0 Å². The van der Waals surface area contributed by atoms with E-state index < -0.39 is 11.8 Å². The number of hydrogen-bond donors (Lipinski definition) is 1. The molecule has 0 unspecified atom stereocenters. The van der Waals surface area contributed by atoms with Crippen molar-refractivity contribution in [2.75, 3.05) is 13.7 Å². The van der Waals surface area contributed by atoms with Crippen molar-refractivity contribution < 1.29 is 14.3 Å². The quantitative estimate of drug-likeness (QED) is 0.614. The molecule has 6 nitrogen and oxygen atoms in total. The van der Waals surface area contributed by atoms with Crippen LogP contribution in [-0.4, -0.2) is 40.3 Å². The van der Waals surface area contributed by atoms with Crippen LogP contribution in [0.4, 0.5) is 0 Å². The molecule has 1 aromatic rings. The fourth-order valence-corrected chi connectivity index (χ4v) is 1.88. The van der Waals surface area contributed by atoms with E-state index in [0.717, 1.165) is 10.5 Å². The average Bonchev–Trinajstić information content (AvgIpc) is 2.55. The van der Waals surface area contributed by atoms with Gasteiger partial charge in [0.2, 0.25) is 0 Å². The van der Waals surface area contributed by atoms with Crippen LogP contribution in [0, 0.1) is 0 Å². The van der Waals surface area contributed by atoms with E-state index >= 15 is 0 Å². The van der Waals surface area contributed by atoms with Crippen molar-refractivity contribution >= 4 is 29.0 Å². The number of aromatic nitrogens is 1. The van der Waals surface area contributed by atoms with Crippen LogP contribution in [0.2, 0.25) is 0 Å². The van der Waals surface area contributed by atoms with E-state index in [9.17, 15) is 9.59 Å². The van der Waals surface area contributed by atoms with E-state index in [2.05, 4.69) is 4.98 Å². The third kappa shape index (κ3) is 2.09. The molecule has 0 bridgehead atoms. The zero-order chi connectivity index (χ0) is 13.3. The SMILES string of the molecule is COCc1cnc2c(c1)C(=O)N(CC(N)=S)C2=O. The minimum atomic E-state index is -0.466. The molecule has 2 N–H and O–H groups in total. The number of imide groups is 1. The number of nitrogens with zero attached hydrogens (tertiary/aromatic N) is 2. The summed E-state index contributed by atoms with van der Waals surface area (Å²) in [5, 5.41) is 0. The summed E-state index contributed by atoms with van der Waals surface area (Å²) >= 11 is 4.71. The minimum Gasteiger partial charge on any atom is -0.392 e. The Bertz CT molecular complexity index is 544. The second-order valence-corrected chi connectivity index (χ2v) is 4.36. The van der Waals surface area contributed by atoms with Gasteiger partial charge in [-0.25, -0.2) is 4.98 Å². The number of hydrogen-bond acceptors (Lipinski definition) is 5. The summed E-state index contributed by atoms with van der Waals surface area (Å²) in [7, 11) is 1.54. The lowest BCUT2D eigenvalue weighted by molar-refractivity contribution is 0.0676. The summed E-state index contributed by atoms with van der Waals surface area (Å²) in [4.78, 5) is 29.0. The van der Waals surface area contributed by atoms with E-state index in [-0.39, 0.29) is 22.8 Å². The lowest BCUT2D eigenvalue weighted by Crippen LogP contribution is -2.37. The van der Waals surface area contributed by atoms with Gasteiger partial charge in [-0.15, -0.1) is 0 Å². The van der Waals surface area contributed by atoms with Crippen LogP contribution in [0.25, 0.3) is 0 Å². The van der Waals surface area contributed by atoms with Gasteiger partial charge in [0.15, 0.2) is 0 Å². The molecule has 94 valence electrons. The van der Waals surface area contributed by atoms with Crippen LogP contribution < -0.4 is 5.73 Å². The first kappa shape index (κ1) is 12.6. The molecule has 0 spiro atoms. The van der Waals surface area contributed by atoms with Crippen LogP contribution in [0.5, 0.6) is 0 Å². The zero-order valence-electron chi connectivity index (χ0n) is 9.67. The molecule has 2 amide bonds. The Labute approximate surface area is 109 Å². The molecule has 2 heterocycles. The fourth-order valence-electron chi connectivity index (χ4n) is 1.75. The van der Waals surface area contributed by atoms with E-state index in [1.165, 1.54) is 6.20 Å². The molecule has 1 aliphatic rings. The summed E-state index contributed by atoms with van der Waals surface area (Å²) in [6.45, 7) is 0.264. The predicted molar refractivity (Wildman–Crippen MR) is 67.1 cm³/mol. The van der Waals surface area contributed by atoms with Gasteiger partial charge in [0.1, 0.15) is 5.69 Å². The van der Waals surface area contributed by atoms with Gasteiger partial charge in [0.05, 0.1) is 23.7 Å². The van der Waals surface area contributed by atoms with Crippen molar-refractivity contribution in [3.63, 3.8) is 0 Å². The Kier molecular flexibility index (Phi) is 3.35. The summed E-state index contributed by atoms with van der Waals surface area (Å²) in [6.07, 6.45) is 1.51. The number of thiocarbonyl (C=S) groups is 1. The van der Waals surface area contributed by atoms with Gasteiger partial charge in [0.25, 0.3) is 11.8 Å². The molecular weight excluding hydrogens is 254 g/mol. The van der Waals surface area contributed by atoms with E-state index in [0.29, 0.717) is 6.61 Å². The van der Waals surface area contributed by atoms with Gasteiger partial charge in [0, 0.05) is 13.3 Å². The standard InChI is InChI=1S/C11H11N3O3S/c1-17-5-6-2-7-9(13-3-6)11(16)14(10(7)15)4-8(12)18/h2-3H,4-5H2,1H3,(H2,12,18). The number of carbonyl (C=O) groups is 2. The van der Waals surface area contributed by atoms with Gasteiger partial charge >= 0.3 is 0 Å². The highest BCUT2D eigenvalue weighted by molar-refractivity contribution is 7.80. The van der Waals surface area contributed by atoms with Crippen LogP contribution in [0.15, 0.2) is 12.3 Å². The highest BCUT2D eigenvalue weighted by Crippen LogP contribution is 2.21. The largest absolute Gasteiger partial charge is 0.392 e. The van der Waals surface area contributed by atoms with Crippen LogP contribution >= 0.6 is 12.2 Å². The predicted octanol–water partition coefficient (Wildman–Crippen LogP) is 0.110. The Morgan fingerprint density at radius 2 is 2.22 bits per heavy atom. The second-order valence-electron chi connectivity index (χ2n) is 3.84. The molecule has 0 saturated carbocycles. The average molecular weight is 265 g/mol. The smallest absolute Gasteiger partial charge is 0.280 e. The van der Waals surface area contributed by atoms with E-state index in [1.54, 1.807) is 13.2 Å². The molecule has 0 saturated heterocycles. The molecular formula is C11H11N3O3S. The monoisotopic (exact) mass is 265 g/mol. The Morgan fingerprint density at radius 3 is 2.83 bits per heavy atom. The van der Waals surface area contributed by atoms with Crippen molar-refractivity contribution in [1.82, 2.24) is 9.88 Å². The maximum absolute atomic E-state index is 12.0. The molecule has 18 heavy (non-hydrogen) atoms. The lowest BCUT2D eigenvalue weighted by Gasteiger charge is -2.11. The highest BCUT2D eigenvalue weighted by Gasteiger charge is 2.37. The molecule has 0 fully saturated rings. The third-order valence-electron chi connectivity index (χ3n) is 2.49. The fraction of sp³-hybridized carbons (Fsp3) is 0.273. The maximum atomic E-state index is 12.0. The number of pyridine rings is 1. The van der Waals surface area contributed by atoms with Crippen LogP contribution in [-0.2, 0) is 11.3 Å². The molecule has 0 aliphatic carbocycles. The highest BCUT2D eigenvalue weighted by atomic mass is 32.1.